The average molecular weight is 1350 g/mol. The van der Waals surface area contributed by atoms with Crippen LogP contribution in [0, 0.1) is 0 Å². The van der Waals surface area contributed by atoms with Crippen LogP contribution in [0.15, 0.2) is 291 Å². The molecule has 1 atom stereocenters. The maximum atomic E-state index is 2.69. The lowest BCUT2D eigenvalue weighted by atomic mass is 9.66. The smallest absolute Gasteiger partial charge is 0.0715 e. The van der Waals surface area contributed by atoms with Crippen LogP contribution in [0.2, 0.25) is 0 Å². The molecule has 104 heavy (non-hydrogen) atoms. The van der Waals surface area contributed by atoms with Crippen LogP contribution in [0.4, 0.5) is 51.2 Å². The Hall–Kier alpha value is -10.7. The average Bonchev–Trinajstić information content (AvgIpc) is 1.49. The van der Waals surface area contributed by atoms with Crippen LogP contribution in [0.3, 0.4) is 0 Å². The van der Waals surface area contributed by atoms with Crippen LogP contribution in [-0.4, -0.2) is 0 Å². The molecule has 0 saturated heterocycles. The highest BCUT2D eigenvalue weighted by molar-refractivity contribution is 6.17. The second-order valence-corrected chi connectivity index (χ2v) is 34.0. The van der Waals surface area contributed by atoms with Crippen LogP contribution < -0.4 is 14.7 Å². The molecule has 0 heterocycles. The van der Waals surface area contributed by atoms with E-state index in [4.69, 9.17) is 0 Å². The molecule has 2 aliphatic rings. The number of hydrogen-bond acceptors (Lipinski definition) is 3. The standard InChI is InChI=1S/C101H97N3/c1-16-27-66-40-42-73(43-41-66)101(74-52-62-77(63-53-74)102(75-54-44-69(45-55-75)96(2,3)4)76-56-46-70(47-57-76)97(5,6)7)86-64-90(103(78-58-48-71(49-59-78)98(8,9)10)88-38-25-30-67-28-17-19-32-80(67)88)82-34-21-22-35-83(82)92(86)94-87(101)65-91(95-93(94)84-36-23-24-37-85(84)100(95,14)15)104(79-60-50-72(51-61-79)99(11,12)13)89-39-26-31-68-29-18-20-33-81(68)89/h17-26,28-65H,16,27H2,1-15H3. The van der Waals surface area contributed by atoms with Crippen molar-refractivity contribution < 1.29 is 0 Å². The number of hydrogen-bond donors (Lipinski definition) is 0. The van der Waals surface area contributed by atoms with E-state index in [1.807, 2.05) is 0 Å². The van der Waals surface area contributed by atoms with Crippen molar-refractivity contribution in [1.29, 1.82) is 0 Å². The summed E-state index contributed by atoms with van der Waals surface area (Å²) in [5, 5.41) is 7.16. The first-order chi connectivity index (χ1) is 49.8. The van der Waals surface area contributed by atoms with Crippen LogP contribution in [-0.2, 0) is 38.9 Å². The van der Waals surface area contributed by atoms with Gasteiger partial charge in [-0.15, -0.1) is 0 Å². The van der Waals surface area contributed by atoms with Crippen LogP contribution in [0.25, 0.3) is 54.6 Å². The quantitative estimate of drug-likeness (QED) is 0.114. The molecule has 3 heteroatoms. The number of rotatable bonds is 13. The first kappa shape index (κ1) is 67.7. The molecule has 16 rings (SSSR count). The van der Waals surface area contributed by atoms with Gasteiger partial charge in [0.05, 0.1) is 28.2 Å². The molecule has 0 fully saturated rings. The first-order valence-corrected chi connectivity index (χ1v) is 37.7. The predicted octanol–water partition coefficient (Wildman–Crippen LogP) is 28.4. The fraction of sp³-hybridized carbons (Fsp3) is 0.228. The van der Waals surface area contributed by atoms with Gasteiger partial charge in [0.2, 0.25) is 0 Å². The minimum absolute atomic E-state index is 0.00903. The van der Waals surface area contributed by atoms with E-state index >= 15 is 0 Å². The fourth-order valence-corrected chi connectivity index (χ4v) is 17.3. The zero-order valence-electron chi connectivity index (χ0n) is 63.5. The van der Waals surface area contributed by atoms with Crippen LogP contribution >= 0.6 is 0 Å². The summed E-state index contributed by atoms with van der Waals surface area (Å²) < 4.78 is 0. The normalized spacial score (nSPS) is 14.7. The van der Waals surface area contributed by atoms with Gasteiger partial charge in [0.15, 0.2) is 0 Å². The van der Waals surface area contributed by atoms with Crippen molar-refractivity contribution >= 4 is 83.5 Å². The molecule has 0 saturated carbocycles. The highest BCUT2D eigenvalue weighted by atomic mass is 15.2. The van der Waals surface area contributed by atoms with Gasteiger partial charge in [-0.05, 0) is 213 Å². The summed E-state index contributed by atoms with van der Waals surface area (Å²) in [7, 11) is 0. The third-order valence-electron chi connectivity index (χ3n) is 22.8. The van der Waals surface area contributed by atoms with Crippen LogP contribution in [0.5, 0.6) is 0 Å². The minimum Gasteiger partial charge on any atom is -0.311 e. The molecule has 0 radical (unpaired) electrons. The second kappa shape index (κ2) is 25.3. The largest absolute Gasteiger partial charge is 0.311 e. The Morgan fingerprint density at radius 1 is 0.288 bits per heavy atom. The van der Waals surface area contributed by atoms with Crippen molar-refractivity contribution in [2.24, 2.45) is 0 Å². The first-order valence-electron chi connectivity index (χ1n) is 37.7. The van der Waals surface area contributed by atoms with E-state index in [1.165, 1.54) is 121 Å². The maximum absolute atomic E-state index is 2.69. The molecule has 0 aromatic heterocycles. The van der Waals surface area contributed by atoms with Gasteiger partial charge < -0.3 is 14.7 Å². The molecule has 2 aliphatic carbocycles. The lowest BCUT2D eigenvalue weighted by Gasteiger charge is -2.38. The molecule has 516 valence electrons. The Balaban J connectivity index is 1.08. The van der Waals surface area contributed by atoms with Gasteiger partial charge >= 0.3 is 0 Å². The van der Waals surface area contributed by atoms with E-state index in [0.717, 1.165) is 58.3 Å². The van der Waals surface area contributed by atoms with E-state index in [-0.39, 0.29) is 21.7 Å². The van der Waals surface area contributed by atoms with Gasteiger partial charge in [-0.25, -0.2) is 0 Å². The number of aryl methyl sites for hydroxylation is 1. The van der Waals surface area contributed by atoms with Crippen molar-refractivity contribution in [3.63, 3.8) is 0 Å². The fourth-order valence-electron chi connectivity index (χ4n) is 17.3. The molecule has 14 aromatic rings. The van der Waals surface area contributed by atoms with E-state index in [0.29, 0.717) is 0 Å². The number of benzene rings is 14. The number of nitrogens with zero attached hydrogens (tertiary/aromatic N) is 3. The Bertz CT molecular complexity index is 5520. The molecule has 0 amide bonds. The minimum atomic E-state index is -0.952. The SMILES string of the molecule is CCCc1ccc(C2(c3ccc(N(c4ccc(C(C)(C)C)cc4)c4ccc(C(C)(C)C)cc4)cc3)c3cc(N(c4ccc(C(C)(C)C)cc4)c4cccc5ccccc45)c4c(c3-c3c2cc(N(c2ccc(C(C)(C)C)cc2)c2cccc5ccccc25)c2ccccc32)-c2ccccc2C4(C)C)cc1. The molecule has 1 unspecified atom stereocenters. The number of fused-ring (bicyclic) bond motifs is 11. The highest BCUT2D eigenvalue weighted by Gasteiger charge is 2.53. The Morgan fingerprint density at radius 3 is 1.10 bits per heavy atom. The third kappa shape index (κ3) is 11.3. The summed E-state index contributed by atoms with van der Waals surface area (Å²) in [6, 6.07) is 113. The molecule has 0 aliphatic heterocycles. The molecular formula is C101H97N3. The summed E-state index contributed by atoms with van der Waals surface area (Å²) in [4.78, 5) is 7.69. The maximum Gasteiger partial charge on any atom is 0.0715 e. The lowest BCUT2D eigenvalue weighted by molar-refractivity contribution is 0.590. The third-order valence-corrected chi connectivity index (χ3v) is 22.8. The van der Waals surface area contributed by atoms with Crippen molar-refractivity contribution in [2.75, 3.05) is 14.7 Å². The van der Waals surface area contributed by atoms with E-state index < -0.39 is 10.8 Å². The summed E-state index contributed by atoms with van der Waals surface area (Å²) >= 11 is 0. The van der Waals surface area contributed by atoms with E-state index in [2.05, 4.69) is 410 Å². The van der Waals surface area contributed by atoms with Crippen molar-refractivity contribution in [3.05, 3.63) is 352 Å². The number of anilines is 9. The zero-order chi connectivity index (χ0) is 72.4. The van der Waals surface area contributed by atoms with Gasteiger partial charge in [-0.2, -0.15) is 0 Å². The van der Waals surface area contributed by atoms with Gasteiger partial charge in [0.1, 0.15) is 0 Å². The van der Waals surface area contributed by atoms with Crippen molar-refractivity contribution in [3.8, 4) is 22.3 Å². The highest BCUT2D eigenvalue weighted by Crippen LogP contribution is 2.68. The topological polar surface area (TPSA) is 9.72 Å². The van der Waals surface area contributed by atoms with Gasteiger partial charge in [0.25, 0.3) is 0 Å². The van der Waals surface area contributed by atoms with Gasteiger partial charge in [0, 0.05) is 50.0 Å². The molecule has 0 N–H and O–H groups in total. The lowest BCUT2D eigenvalue weighted by Crippen LogP contribution is -2.30. The molecular weight excluding hydrogens is 1260 g/mol. The Morgan fingerprint density at radius 2 is 0.644 bits per heavy atom. The van der Waals surface area contributed by atoms with E-state index in [9.17, 15) is 0 Å². The molecule has 0 spiro atoms. The van der Waals surface area contributed by atoms with Gasteiger partial charge in [-0.1, -0.05) is 317 Å². The predicted molar refractivity (Wildman–Crippen MR) is 447 cm³/mol. The molecule has 0 bridgehead atoms. The summed E-state index contributed by atoms with van der Waals surface area (Å²) in [6.07, 6.45) is 2.03. The van der Waals surface area contributed by atoms with Gasteiger partial charge in [-0.3, -0.25) is 0 Å². The molecule has 14 aromatic carbocycles. The van der Waals surface area contributed by atoms with E-state index in [1.54, 1.807) is 0 Å². The molecule has 3 nitrogen and oxygen atoms in total. The van der Waals surface area contributed by atoms with Crippen LogP contribution in [0.1, 0.15) is 171 Å². The zero-order valence-corrected chi connectivity index (χ0v) is 63.5. The van der Waals surface area contributed by atoms with Crippen molar-refractivity contribution in [1.82, 2.24) is 0 Å². The Labute approximate surface area is 618 Å². The monoisotopic (exact) mass is 1350 g/mol. The van der Waals surface area contributed by atoms with Crippen molar-refractivity contribution in [2.45, 2.75) is 149 Å². The summed E-state index contributed by atoms with van der Waals surface area (Å²) in [5.41, 5.74) is 27.7. The second-order valence-electron chi connectivity index (χ2n) is 34.0. The summed E-state index contributed by atoms with van der Waals surface area (Å²) in [6.45, 7) is 35.0. The Kier molecular flexibility index (Phi) is 16.5. The summed E-state index contributed by atoms with van der Waals surface area (Å²) in [5.74, 6) is 0.